The van der Waals surface area contributed by atoms with Crippen molar-refractivity contribution in [3.05, 3.63) is 52.3 Å². The number of hydrogen-bond donors (Lipinski definition) is 3. The lowest BCUT2D eigenvalue weighted by molar-refractivity contribution is -0.134. The van der Waals surface area contributed by atoms with Gasteiger partial charge in [-0.25, -0.2) is 12.8 Å². The van der Waals surface area contributed by atoms with Crippen molar-refractivity contribution < 1.29 is 17.6 Å². The van der Waals surface area contributed by atoms with Crippen LogP contribution in [-0.2, 0) is 14.8 Å². The lowest BCUT2D eigenvalue weighted by Crippen LogP contribution is -2.53. The van der Waals surface area contributed by atoms with Crippen LogP contribution >= 0.6 is 23.2 Å². The van der Waals surface area contributed by atoms with E-state index in [2.05, 4.69) is 17.0 Å². The molecule has 0 aliphatic carbocycles. The zero-order valence-corrected chi connectivity index (χ0v) is 19.8. The lowest BCUT2D eigenvalue weighted by atomic mass is 9.99. The van der Waals surface area contributed by atoms with E-state index in [9.17, 15) is 17.6 Å². The highest BCUT2D eigenvalue weighted by Gasteiger charge is 2.31. The number of nitrogens with one attached hydrogen (secondary N) is 2. The molecular weight excluding hydrogens is 478 g/mol. The predicted molar refractivity (Wildman–Crippen MR) is 125 cm³/mol. The van der Waals surface area contributed by atoms with Gasteiger partial charge < -0.3 is 16.0 Å². The van der Waals surface area contributed by atoms with Gasteiger partial charge in [0.05, 0.1) is 20.6 Å². The van der Waals surface area contributed by atoms with Gasteiger partial charge in [-0.3, -0.25) is 4.79 Å². The highest BCUT2D eigenvalue weighted by molar-refractivity contribution is 7.89. The van der Waals surface area contributed by atoms with Gasteiger partial charge in [0.15, 0.2) is 0 Å². The standard InChI is InChI=1S/C21H25Cl2FN4O3S/c1-13-5-7-28(8-6-13)21(29)19(12-26-15-4-2-3-14(24)9-15)27-32(30,31)16-10-17(22)20(25)18(23)11-16/h2-4,9-11,13,19,26-27H,5-8,12,25H2,1H3. The van der Waals surface area contributed by atoms with E-state index in [-0.39, 0.29) is 33.1 Å². The van der Waals surface area contributed by atoms with E-state index >= 15 is 0 Å². The van der Waals surface area contributed by atoms with E-state index in [1.807, 2.05) is 0 Å². The van der Waals surface area contributed by atoms with Gasteiger partial charge in [0, 0.05) is 25.3 Å². The number of rotatable bonds is 7. The Morgan fingerprint density at radius 1 is 1.22 bits per heavy atom. The molecule has 32 heavy (non-hydrogen) atoms. The van der Waals surface area contributed by atoms with Gasteiger partial charge >= 0.3 is 0 Å². The minimum atomic E-state index is -4.16. The van der Waals surface area contributed by atoms with Crippen molar-refractivity contribution in [3.8, 4) is 0 Å². The topological polar surface area (TPSA) is 105 Å². The number of benzene rings is 2. The van der Waals surface area contributed by atoms with E-state index in [0.717, 1.165) is 12.8 Å². The molecule has 0 aromatic heterocycles. The van der Waals surface area contributed by atoms with E-state index in [1.165, 1.54) is 30.3 Å². The SMILES string of the molecule is CC1CCN(C(=O)C(CNc2cccc(F)c2)NS(=O)(=O)c2cc(Cl)c(N)c(Cl)c2)CC1. The Morgan fingerprint density at radius 3 is 2.44 bits per heavy atom. The molecule has 0 saturated carbocycles. The summed E-state index contributed by atoms with van der Waals surface area (Å²) in [5, 5.41) is 2.91. The molecule has 11 heteroatoms. The fourth-order valence-electron chi connectivity index (χ4n) is 3.42. The Kier molecular flexibility index (Phi) is 7.87. The molecule has 1 atom stereocenters. The fraction of sp³-hybridized carbons (Fsp3) is 0.381. The molecular formula is C21H25Cl2FN4O3S. The second kappa shape index (κ2) is 10.2. The molecule has 1 unspecified atom stereocenters. The number of anilines is 2. The van der Waals surface area contributed by atoms with Crippen LogP contribution < -0.4 is 15.8 Å². The first-order chi connectivity index (χ1) is 15.1. The summed E-state index contributed by atoms with van der Waals surface area (Å²) in [6, 6.07) is 6.92. The number of carbonyl (C=O) groups is 1. The molecule has 0 bridgehead atoms. The van der Waals surface area contributed by atoms with Crippen LogP contribution in [0.5, 0.6) is 0 Å². The molecule has 1 aliphatic heterocycles. The van der Waals surface area contributed by atoms with Gasteiger partial charge in [0.25, 0.3) is 0 Å². The van der Waals surface area contributed by atoms with Crippen LogP contribution in [0.3, 0.4) is 0 Å². The summed E-state index contributed by atoms with van der Waals surface area (Å²) < 4.78 is 42.0. The molecule has 1 amide bonds. The molecule has 3 rings (SSSR count). The number of nitrogens with zero attached hydrogens (tertiary/aromatic N) is 1. The molecule has 2 aromatic rings. The number of hydrogen-bond acceptors (Lipinski definition) is 5. The lowest BCUT2D eigenvalue weighted by Gasteiger charge is -2.33. The number of amides is 1. The van der Waals surface area contributed by atoms with Crippen LogP contribution in [0, 0.1) is 11.7 Å². The fourth-order valence-corrected chi connectivity index (χ4v) is 5.28. The number of halogens is 3. The Labute approximate surface area is 197 Å². The molecule has 2 aromatic carbocycles. The minimum Gasteiger partial charge on any atom is -0.396 e. The van der Waals surface area contributed by atoms with Gasteiger partial charge in [0.1, 0.15) is 11.9 Å². The smallest absolute Gasteiger partial charge is 0.242 e. The van der Waals surface area contributed by atoms with Crippen LogP contribution in [0.2, 0.25) is 10.0 Å². The molecule has 0 spiro atoms. The van der Waals surface area contributed by atoms with Crippen molar-refractivity contribution in [3.63, 3.8) is 0 Å². The van der Waals surface area contributed by atoms with E-state index < -0.39 is 21.9 Å². The van der Waals surface area contributed by atoms with Crippen molar-refractivity contribution in [1.29, 1.82) is 0 Å². The van der Waals surface area contributed by atoms with Crippen molar-refractivity contribution in [1.82, 2.24) is 9.62 Å². The summed E-state index contributed by atoms with van der Waals surface area (Å²) >= 11 is 12.0. The quantitative estimate of drug-likeness (QED) is 0.500. The number of nitrogen functional groups attached to an aromatic ring is 1. The van der Waals surface area contributed by atoms with Crippen molar-refractivity contribution >= 4 is 50.5 Å². The Hall–Kier alpha value is -2.07. The molecule has 1 saturated heterocycles. The van der Waals surface area contributed by atoms with E-state index in [0.29, 0.717) is 24.7 Å². The van der Waals surface area contributed by atoms with Gasteiger partial charge in [-0.15, -0.1) is 0 Å². The maximum absolute atomic E-state index is 13.5. The zero-order chi connectivity index (χ0) is 23.5. The first kappa shape index (κ1) is 24.6. The highest BCUT2D eigenvalue weighted by atomic mass is 35.5. The number of nitrogens with two attached hydrogens (primary N) is 1. The second-order valence-corrected chi connectivity index (χ2v) is 10.4. The Bertz CT molecular complexity index is 1070. The Morgan fingerprint density at radius 2 is 1.84 bits per heavy atom. The van der Waals surface area contributed by atoms with Crippen LogP contribution in [0.25, 0.3) is 0 Å². The van der Waals surface area contributed by atoms with Crippen LogP contribution in [0.4, 0.5) is 15.8 Å². The molecule has 0 radical (unpaired) electrons. The van der Waals surface area contributed by atoms with Gasteiger partial charge in [-0.05, 0) is 49.1 Å². The largest absolute Gasteiger partial charge is 0.396 e. The maximum atomic E-state index is 13.5. The van der Waals surface area contributed by atoms with Crippen LogP contribution in [0.15, 0.2) is 41.3 Å². The minimum absolute atomic E-state index is 0.0105. The summed E-state index contributed by atoms with van der Waals surface area (Å²) in [7, 11) is -4.16. The molecule has 4 N–H and O–H groups in total. The van der Waals surface area contributed by atoms with Crippen molar-refractivity contribution in [2.45, 2.75) is 30.7 Å². The average molecular weight is 503 g/mol. The number of carbonyl (C=O) groups excluding carboxylic acids is 1. The predicted octanol–water partition coefficient (Wildman–Crippen LogP) is 3.73. The third-order valence-electron chi connectivity index (χ3n) is 5.39. The molecule has 1 heterocycles. The van der Waals surface area contributed by atoms with Gasteiger partial charge in [-0.2, -0.15) is 4.72 Å². The summed E-state index contributed by atoms with van der Waals surface area (Å²) in [4.78, 5) is 14.6. The second-order valence-electron chi connectivity index (χ2n) is 7.87. The third-order valence-corrected chi connectivity index (χ3v) is 7.47. The number of sulfonamides is 1. The molecule has 1 fully saturated rings. The summed E-state index contributed by atoms with van der Waals surface area (Å²) in [5.41, 5.74) is 6.18. The van der Waals surface area contributed by atoms with Gasteiger partial charge in [0.2, 0.25) is 15.9 Å². The third kappa shape index (κ3) is 6.04. The van der Waals surface area contributed by atoms with Gasteiger partial charge in [-0.1, -0.05) is 36.2 Å². The van der Waals surface area contributed by atoms with Crippen LogP contribution in [-0.4, -0.2) is 44.9 Å². The average Bonchev–Trinajstić information content (AvgIpc) is 2.74. The summed E-state index contributed by atoms with van der Waals surface area (Å²) in [6.45, 7) is 3.11. The summed E-state index contributed by atoms with van der Waals surface area (Å²) in [6.07, 6.45) is 1.68. The van der Waals surface area contributed by atoms with E-state index in [1.54, 1.807) is 11.0 Å². The monoisotopic (exact) mass is 502 g/mol. The molecule has 1 aliphatic rings. The number of piperidine rings is 1. The number of likely N-dealkylation sites (tertiary alicyclic amines) is 1. The van der Waals surface area contributed by atoms with Crippen molar-refractivity contribution in [2.24, 2.45) is 5.92 Å². The summed E-state index contributed by atoms with van der Waals surface area (Å²) in [5.74, 6) is -0.315. The van der Waals surface area contributed by atoms with Crippen LogP contribution in [0.1, 0.15) is 19.8 Å². The molecule has 174 valence electrons. The first-order valence-corrected chi connectivity index (χ1v) is 12.4. The normalized spacial score (nSPS) is 16.1. The molecule has 7 nitrogen and oxygen atoms in total. The maximum Gasteiger partial charge on any atom is 0.242 e. The zero-order valence-electron chi connectivity index (χ0n) is 17.4. The van der Waals surface area contributed by atoms with Crippen molar-refractivity contribution in [2.75, 3.05) is 30.7 Å². The Balaban J connectivity index is 1.84. The van der Waals surface area contributed by atoms with E-state index in [4.69, 9.17) is 28.9 Å². The highest BCUT2D eigenvalue weighted by Crippen LogP contribution is 2.30. The first-order valence-electron chi connectivity index (χ1n) is 10.1.